The Morgan fingerprint density at radius 1 is 1.35 bits per heavy atom. The zero-order valence-electron chi connectivity index (χ0n) is 11.0. The zero-order valence-corrected chi connectivity index (χ0v) is 11.0. The summed E-state index contributed by atoms with van der Waals surface area (Å²) in [4.78, 5) is 2.48. The summed E-state index contributed by atoms with van der Waals surface area (Å²) in [6.45, 7) is 7.96. The van der Waals surface area contributed by atoms with E-state index in [0.29, 0.717) is 11.2 Å². The summed E-state index contributed by atoms with van der Waals surface area (Å²) in [6.07, 6.45) is 7.15. The third-order valence-corrected chi connectivity index (χ3v) is 3.82. The standard InChI is InChI=1S/C13H24N4/c1-3-5-13(6-4-2)9-17(10-13)8-11-7-15-16-12(11)14/h7H,3-6,8-10H2,1-2H3,(H3,14,15,16). The molecule has 2 heterocycles. The van der Waals surface area contributed by atoms with Gasteiger partial charge in [-0.3, -0.25) is 10.00 Å². The van der Waals surface area contributed by atoms with Crippen LogP contribution in [0.3, 0.4) is 0 Å². The lowest BCUT2D eigenvalue weighted by Gasteiger charge is -2.51. The maximum atomic E-state index is 5.81. The normalized spacial score (nSPS) is 19.2. The van der Waals surface area contributed by atoms with Crippen LogP contribution < -0.4 is 5.73 Å². The number of nitrogens with two attached hydrogens (primary N) is 1. The van der Waals surface area contributed by atoms with Crippen LogP contribution in [0.15, 0.2) is 6.20 Å². The van der Waals surface area contributed by atoms with Gasteiger partial charge in [-0.25, -0.2) is 0 Å². The number of aromatic nitrogens is 2. The molecule has 1 saturated heterocycles. The summed E-state index contributed by atoms with van der Waals surface area (Å²) in [5.74, 6) is 0.716. The van der Waals surface area contributed by atoms with Crippen LogP contribution in [0.2, 0.25) is 0 Å². The Labute approximate surface area is 104 Å². The van der Waals surface area contributed by atoms with Crippen molar-refractivity contribution in [2.45, 2.75) is 46.1 Å². The van der Waals surface area contributed by atoms with Gasteiger partial charge in [-0.05, 0) is 18.3 Å². The molecule has 2 rings (SSSR count). The van der Waals surface area contributed by atoms with Crippen molar-refractivity contribution in [2.75, 3.05) is 18.8 Å². The molecule has 0 aliphatic carbocycles. The van der Waals surface area contributed by atoms with Crippen molar-refractivity contribution in [1.29, 1.82) is 0 Å². The molecule has 1 aromatic heterocycles. The maximum absolute atomic E-state index is 5.81. The fourth-order valence-electron chi connectivity index (χ4n) is 3.20. The molecule has 0 radical (unpaired) electrons. The first-order valence-electron chi connectivity index (χ1n) is 6.69. The zero-order chi connectivity index (χ0) is 12.3. The Morgan fingerprint density at radius 3 is 2.47 bits per heavy atom. The number of rotatable bonds is 6. The fraction of sp³-hybridized carbons (Fsp3) is 0.769. The number of nitrogen functional groups attached to an aromatic ring is 1. The smallest absolute Gasteiger partial charge is 0.123 e. The van der Waals surface area contributed by atoms with Gasteiger partial charge >= 0.3 is 0 Å². The quantitative estimate of drug-likeness (QED) is 0.797. The Hall–Kier alpha value is -1.03. The topological polar surface area (TPSA) is 57.9 Å². The summed E-state index contributed by atoms with van der Waals surface area (Å²) in [7, 11) is 0. The van der Waals surface area contributed by atoms with Gasteiger partial charge < -0.3 is 5.73 Å². The molecule has 0 aromatic carbocycles. The van der Waals surface area contributed by atoms with E-state index in [2.05, 4.69) is 28.9 Å². The van der Waals surface area contributed by atoms with E-state index in [-0.39, 0.29) is 0 Å². The number of likely N-dealkylation sites (tertiary alicyclic amines) is 1. The molecule has 0 bridgehead atoms. The van der Waals surface area contributed by atoms with E-state index in [1.165, 1.54) is 38.8 Å². The van der Waals surface area contributed by atoms with Gasteiger partial charge in [0.2, 0.25) is 0 Å². The van der Waals surface area contributed by atoms with Crippen LogP contribution in [-0.2, 0) is 6.54 Å². The minimum atomic E-state index is 0.585. The number of anilines is 1. The molecule has 1 aliphatic heterocycles. The molecule has 0 spiro atoms. The number of hydrogen-bond donors (Lipinski definition) is 2. The monoisotopic (exact) mass is 236 g/mol. The second kappa shape index (κ2) is 5.08. The lowest BCUT2D eigenvalue weighted by atomic mass is 9.72. The number of H-pyrrole nitrogens is 1. The van der Waals surface area contributed by atoms with Gasteiger partial charge in [-0.2, -0.15) is 5.10 Å². The Balaban J connectivity index is 1.86. The van der Waals surface area contributed by atoms with E-state index in [1.807, 2.05) is 6.20 Å². The molecular formula is C13H24N4. The molecule has 4 heteroatoms. The average Bonchev–Trinajstić information content (AvgIpc) is 2.63. The SMILES string of the molecule is CCCC1(CCC)CN(Cc2cn[nH]c2N)C1. The van der Waals surface area contributed by atoms with Gasteiger partial charge in [0.25, 0.3) is 0 Å². The minimum absolute atomic E-state index is 0.585. The molecule has 1 aromatic rings. The van der Waals surface area contributed by atoms with Crippen LogP contribution >= 0.6 is 0 Å². The van der Waals surface area contributed by atoms with Crippen LogP contribution in [0.4, 0.5) is 5.82 Å². The second-order valence-electron chi connectivity index (χ2n) is 5.45. The summed E-state index contributed by atoms with van der Waals surface area (Å²) in [5, 5.41) is 6.76. The minimum Gasteiger partial charge on any atom is -0.384 e. The van der Waals surface area contributed by atoms with E-state index < -0.39 is 0 Å². The van der Waals surface area contributed by atoms with Crippen LogP contribution in [0.25, 0.3) is 0 Å². The van der Waals surface area contributed by atoms with Crippen molar-refractivity contribution >= 4 is 5.82 Å². The Kier molecular flexibility index (Phi) is 3.72. The molecule has 1 aliphatic rings. The molecule has 3 N–H and O–H groups in total. The fourth-order valence-corrected chi connectivity index (χ4v) is 3.20. The molecule has 0 amide bonds. The van der Waals surface area contributed by atoms with Crippen LogP contribution in [0, 0.1) is 5.41 Å². The third-order valence-electron chi connectivity index (χ3n) is 3.82. The number of nitrogens with one attached hydrogen (secondary N) is 1. The van der Waals surface area contributed by atoms with Crippen LogP contribution in [0.5, 0.6) is 0 Å². The number of hydrogen-bond acceptors (Lipinski definition) is 3. The molecule has 0 saturated carbocycles. The van der Waals surface area contributed by atoms with Crippen molar-refractivity contribution < 1.29 is 0 Å². The van der Waals surface area contributed by atoms with E-state index in [9.17, 15) is 0 Å². The highest BCUT2D eigenvalue weighted by atomic mass is 15.2. The third kappa shape index (κ3) is 2.63. The van der Waals surface area contributed by atoms with Crippen molar-refractivity contribution in [1.82, 2.24) is 15.1 Å². The molecule has 0 atom stereocenters. The molecule has 4 nitrogen and oxygen atoms in total. The molecule has 1 fully saturated rings. The van der Waals surface area contributed by atoms with E-state index in [4.69, 9.17) is 5.73 Å². The van der Waals surface area contributed by atoms with Crippen molar-refractivity contribution in [3.05, 3.63) is 11.8 Å². The average molecular weight is 236 g/mol. The van der Waals surface area contributed by atoms with Gasteiger partial charge in [0.15, 0.2) is 0 Å². The van der Waals surface area contributed by atoms with Gasteiger partial charge in [-0.15, -0.1) is 0 Å². The highest BCUT2D eigenvalue weighted by molar-refractivity contribution is 5.36. The predicted octanol–water partition coefficient (Wildman–Crippen LogP) is 2.39. The summed E-state index contributed by atoms with van der Waals surface area (Å²) < 4.78 is 0. The van der Waals surface area contributed by atoms with Gasteiger partial charge in [0.05, 0.1) is 6.20 Å². The lowest BCUT2D eigenvalue weighted by Crippen LogP contribution is -2.55. The first-order chi connectivity index (χ1) is 8.19. The largest absolute Gasteiger partial charge is 0.384 e. The summed E-state index contributed by atoms with van der Waals surface area (Å²) in [5.41, 5.74) is 7.52. The highest BCUT2D eigenvalue weighted by Crippen LogP contribution is 2.40. The van der Waals surface area contributed by atoms with Crippen LogP contribution in [0.1, 0.15) is 45.1 Å². The van der Waals surface area contributed by atoms with Gasteiger partial charge in [0, 0.05) is 25.2 Å². The number of nitrogens with zero attached hydrogens (tertiary/aromatic N) is 2. The van der Waals surface area contributed by atoms with E-state index in [1.54, 1.807) is 0 Å². The summed E-state index contributed by atoms with van der Waals surface area (Å²) in [6, 6.07) is 0. The maximum Gasteiger partial charge on any atom is 0.123 e. The molecule has 0 unspecified atom stereocenters. The predicted molar refractivity (Wildman–Crippen MR) is 70.5 cm³/mol. The van der Waals surface area contributed by atoms with Crippen LogP contribution in [-0.4, -0.2) is 28.2 Å². The summed E-state index contributed by atoms with van der Waals surface area (Å²) >= 11 is 0. The second-order valence-corrected chi connectivity index (χ2v) is 5.45. The van der Waals surface area contributed by atoms with E-state index in [0.717, 1.165) is 12.1 Å². The molecule has 17 heavy (non-hydrogen) atoms. The van der Waals surface area contributed by atoms with Crippen molar-refractivity contribution in [3.8, 4) is 0 Å². The number of aromatic amines is 1. The van der Waals surface area contributed by atoms with E-state index >= 15 is 0 Å². The van der Waals surface area contributed by atoms with Gasteiger partial charge in [-0.1, -0.05) is 26.7 Å². The molecular weight excluding hydrogens is 212 g/mol. The Morgan fingerprint density at radius 2 is 2.00 bits per heavy atom. The first kappa shape index (κ1) is 12.4. The molecule has 96 valence electrons. The van der Waals surface area contributed by atoms with Crippen molar-refractivity contribution in [2.24, 2.45) is 5.41 Å². The van der Waals surface area contributed by atoms with Crippen molar-refractivity contribution in [3.63, 3.8) is 0 Å². The Bertz CT molecular complexity index is 344. The lowest BCUT2D eigenvalue weighted by molar-refractivity contribution is -0.0202. The first-order valence-corrected chi connectivity index (χ1v) is 6.69. The van der Waals surface area contributed by atoms with Gasteiger partial charge in [0.1, 0.15) is 5.82 Å². The highest BCUT2D eigenvalue weighted by Gasteiger charge is 2.40.